The van der Waals surface area contributed by atoms with Gasteiger partial charge in [-0.2, -0.15) is 0 Å². The molecule has 1 aliphatic heterocycles. The zero-order chi connectivity index (χ0) is 17.9. The smallest absolute Gasteiger partial charge is 0.254 e. The lowest BCUT2D eigenvalue weighted by molar-refractivity contribution is 0.0746. The minimum atomic E-state index is 0.0839. The molecule has 2 heterocycles. The van der Waals surface area contributed by atoms with E-state index in [-0.39, 0.29) is 5.91 Å². The van der Waals surface area contributed by atoms with Gasteiger partial charge in [0.1, 0.15) is 11.6 Å². The molecule has 1 saturated heterocycles. The van der Waals surface area contributed by atoms with Gasteiger partial charge < -0.3 is 19.9 Å². The molecule has 6 nitrogen and oxygen atoms in total. The number of rotatable bonds is 5. The molecule has 1 aromatic carbocycles. The van der Waals surface area contributed by atoms with E-state index in [9.17, 15) is 4.79 Å². The van der Waals surface area contributed by atoms with Gasteiger partial charge in [-0.3, -0.25) is 4.79 Å². The summed E-state index contributed by atoms with van der Waals surface area (Å²) in [4.78, 5) is 21.4. The Bertz CT molecular complexity index is 766. The molecule has 1 saturated carbocycles. The molecule has 2 aliphatic rings. The molecule has 1 aliphatic carbocycles. The molecule has 1 N–H and O–H groups in total. The number of nitrogens with one attached hydrogen (secondary N) is 1. The zero-order valence-corrected chi connectivity index (χ0v) is 15.0. The Morgan fingerprint density at radius 1 is 1.12 bits per heavy atom. The van der Waals surface area contributed by atoms with Crippen LogP contribution in [0.3, 0.4) is 0 Å². The molecule has 2 fully saturated rings. The van der Waals surface area contributed by atoms with Crippen LogP contribution in [0.1, 0.15) is 23.2 Å². The maximum atomic E-state index is 12.8. The van der Waals surface area contributed by atoms with Crippen LogP contribution in [0.4, 0.5) is 11.5 Å². The second-order valence-electron chi connectivity index (χ2n) is 6.83. The van der Waals surface area contributed by atoms with Gasteiger partial charge in [-0.1, -0.05) is 0 Å². The maximum absolute atomic E-state index is 12.8. The normalized spacial score (nSPS) is 17.1. The van der Waals surface area contributed by atoms with Crippen molar-refractivity contribution >= 4 is 17.4 Å². The van der Waals surface area contributed by atoms with Crippen LogP contribution in [0.5, 0.6) is 5.75 Å². The SMILES string of the molecule is COc1ccc(N2CCN(C(=O)c3ccnc(NC4CC4)c3)CC2)cc1. The van der Waals surface area contributed by atoms with Crippen molar-refractivity contribution in [2.45, 2.75) is 18.9 Å². The molecule has 6 heteroatoms. The number of aromatic nitrogens is 1. The second-order valence-corrected chi connectivity index (χ2v) is 6.83. The molecule has 0 atom stereocenters. The summed E-state index contributed by atoms with van der Waals surface area (Å²) in [7, 11) is 1.67. The van der Waals surface area contributed by atoms with E-state index in [4.69, 9.17) is 4.74 Å². The summed E-state index contributed by atoms with van der Waals surface area (Å²) in [5.74, 6) is 1.74. The first-order valence-electron chi connectivity index (χ1n) is 9.14. The summed E-state index contributed by atoms with van der Waals surface area (Å²) in [5.41, 5.74) is 1.87. The first-order chi connectivity index (χ1) is 12.7. The molecule has 4 rings (SSSR count). The number of ether oxygens (including phenoxy) is 1. The maximum Gasteiger partial charge on any atom is 0.254 e. The average Bonchev–Trinajstić information content (AvgIpc) is 3.52. The van der Waals surface area contributed by atoms with E-state index in [0.29, 0.717) is 11.6 Å². The van der Waals surface area contributed by atoms with Crippen molar-refractivity contribution in [2.24, 2.45) is 0 Å². The number of anilines is 2. The standard InChI is InChI=1S/C20H24N4O2/c1-26-18-6-4-17(5-7-18)23-10-12-24(13-11-23)20(25)15-8-9-21-19(14-15)22-16-2-3-16/h4-9,14,16H,2-3,10-13H2,1H3,(H,21,22). The van der Waals surface area contributed by atoms with Crippen LogP contribution in [-0.4, -0.2) is 55.1 Å². The third-order valence-electron chi connectivity index (χ3n) is 4.94. The molecule has 1 amide bonds. The van der Waals surface area contributed by atoms with Crippen LogP contribution in [0, 0.1) is 0 Å². The van der Waals surface area contributed by atoms with Gasteiger partial charge in [0.05, 0.1) is 7.11 Å². The lowest BCUT2D eigenvalue weighted by Crippen LogP contribution is -2.48. The Hall–Kier alpha value is -2.76. The Morgan fingerprint density at radius 2 is 1.85 bits per heavy atom. The minimum Gasteiger partial charge on any atom is -0.497 e. The number of benzene rings is 1. The van der Waals surface area contributed by atoms with Crippen molar-refractivity contribution in [3.63, 3.8) is 0 Å². The highest BCUT2D eigenvalue weighted by Gasteiger charge is 2.24. The number of carbonyl (C=O) groups excluding carboxylic acids is 1. The van der Waals surface area contributed by atoms with E-state index in [1.807, 2.05) is 23.1 Å². The first-order valence-corrected chi connectivity index (χ1v) is 9.14. The molecule has 1 aromatic heterocycles. The third-order valence-corrected chi connectivity index (χ3v) is 4.94. The van der Waals surface area contributed by atoms with E-state index < -0.39 is 0 Å². The summed E-state index contributed by atoms with van der Waals surface area (Å²) in [6, 6.07) is 12.3. The van der Waals surface area contributed by atoms with Gasteiger partial charge in [0.25, 0.3) is 5.91 Å². The van der Waals surface area contributed by atoms with Crippen molar-refractivity contribution in [2.75, 3.05) is 43.5 Å². The largest absolute Gasteiger partial charge is 0.497 e. The summed E-state index contributed by atoms with van der Waals surface area (Å²) in [5, 5.41) is 3.35. The topological polar surface area (TPSA) is 57.7 Å². The number of hydrogen-bond donors (Lipinski definition) is 1. The summed E-state index contributed by atoms with van der Waals surface area (Å²) in [6.45, 7) is 3.10. The highest BCUT2D eigenvalue weighted by Crippen LogP contribution is 2.24. The molecule has 26 heavy (non-hydrogen) atoms. The number of carbonyl (C=O) groups is 1. The zero-order valence-electron chi connectivity index (χ0n) is 15.0. The molecule has 136 valence electrons. The predicted octanol–water partition coefficient (Wildman–Crippen LogP) is 2.63. The number of amides is 1. The van der Waals surface area contributed by atoms with Crippen LogP contribution in [-0.2, 0) is 0 Å². The van der Waals surface area contributed by atoms with Crippen molar-refractivity contribution in [3.05, 3.63) is 48.2 Å². The number of piperazine rings is 1. The van der Waals surface area contributed by atoms with Crippen LogP contribution in [0.25, 0.3) is 0 Å². The second kappa shape index (κ2) is 7.23. The molecule has 0 radical (unpaired) electrons. The van der Waals surface area contributed by atoms with E-state index in [2.05, 4.69) is 27.3 Å². The lowest BCUT2D eigenvalue weighted by Gasteiger charge is -2.36. The van der Waals surface area contributed by atoms with Gasteiger partial charge in [0.2, 0.25) is 0 Å². The quantitative estimate of drug-likeness (QED) is 0.896. The van der Waals surface area contributed by atoms with Gasteiger partial charge in [-0.05, 0) is 49.2 Å². The molecular formula is C20H24N4O2. The van der Waals surface area contributed by atoms with E-state index in [0.717, 1.165) is 43.4 Å². The Morgan fingerprint density at radius 3 is 2.50 bits per heavy atom. The van der Waals surface area contributed by atoms with E-state index >= 15 is 0 Å². The van der Waals surface area contributed by atoms with Crippen LogP contribution >= 0.6 is 0 Å². The van der Waals surface area contributed by atoms with Gasteiger partial charge in [0, 0.05) is 49.7 Å². The van der Waals surface area contributed by atoms with Crippen molar-refractivity contribution in [3.8, 4) is 5.75 Å². The molecule has 0 bridgehead atoms. The van der Waals surface area contributed by atoms with Crippen molar-refractivity contribution in [1.82, 2.24) is 9.88 Å². The number of hydrogen-bond acceptors (Lipinski definition) is 5. The fraction of sp³-hybridized carbons (Fsp3) is 0.400. The van der Waals surface area contributed by atoms with Gasteiger partial charge in [-0.15, -0.1) is 0 Å². The predicted molar refractivity (Wildman–Crippen MR) is 102 cm³/mol. The number of methoxy groups -OCH3 is 1. The van der Waals surface area contributed by atoms with Crippen LogP contribution in [0.15, 0.2) is 42.6 Å². The van der Waals surface area contributed by atoms with E-state index in [1.165, 1.54) is 12.8 Å². The van der Waals surface area contributed by atoms with E-state index in [1.54, 1.807) is 19.4 Å². The number of pyridine rings is 1. The van der Waals surface area contributed by atoms with Crippen LogP contribution in [0.2, 0.25) is 0 Å². The third kappa shape index (κ3) is 3.74. The number of nitrogens with zero attached hydrogens (tertiary/aromatic N) is 3. The van der Waals surface area contributed by atoms with Gasteiger partial charge in [-0.25, -0.2) is 4.98 Å². The highest BCUT2D eigenvalue weighted by atomic mass is 16.5. The highest BCUT2D eigenvalue weighted by molar-refractivity contribution is 5.95. The molecular weight excluding hydrogens is 328 g/mol. The molecule has 0 spiro atoms. The monoisotopic (exact) mass is 352 g/mol. The fourth-order valence-electron chi connectivity index (χ4n) is 3.22. The Kier molecular flexibility index (Phi) is 4.65. The average molecular weight is 352 g/mol. The lowest BCUT2D eigenvalue weighted by atomic mass is 10.2. The minimum absolute atomic E-state index is 0.0839. The summed E-state index contributed by atoms with van der Waals surface area (Å²) in [6.07, 6.45) is 4.09. The molecule has 2 aromatic rings. The van der Waals surface area contributed by atoms with Gasteiger partial charge in [0.15, 0.2) is 0 Å². The first kappa shape index (κ1) is 16.7. The van der Waals surface area contributed by atoms with Crippen molar-refractivity contribution in [1.29, 1.82) is 0 Å². The van der Waals surface area contributed by atoms with Gasteiger partial charge >= 0.3 is 0 Å². The van der Waals surface area contributed by atoms with Crippen LogP contribution < -0.4 is 15.0 Å². The Labute approximate surface area is 153 Å². The fourth-order valence-corrected chi connectivity index (χ4v) is 3.22. The van der Waals surface area contributed by atoms with Crippen molar-refractivity contribution < 1.29 is 9.53 Å². The molecule has 0 unspecified atom stereocenters. The summed E-state index contributed by atoms with van der Waals surface area (Å²) < 4.78 is 5.21. The Balaban J connectivity index is 1.36. The summed E-state index contributed by atoms with van der Waals surface area (Å²) >= 11 is 0.